The lowest BCUT2D eigenvalue weighted by molar-refractivity contribution is 0.278. The summed E-state index contributed by atoms with van der Waals surface area (Å²) in [6.07, 6.45) is 1.31. The van der Waals surface area contributed by atoms with Crippen molar-refractivity contribution in [3.05, 3.63) is 32.6 Å². The second-order valence-electron chi connectivity index (χ2n) is 3.87. The minimum atomic E-state index is -3.68. The molecule has 0 unspecified atom stereocenters. The van der Waals surface area contributed by atoms with E-state index in [2.05, 4.69) is 26.1 Å². The van der Waals surface area contributed by atoms with Crippen LogP contribution >= 0.6 is 27.3 Å². The van der Waals surface area contributed by atoms with Crippen LogP contribution in [0.1, 0.15) is 10.4 Å². The standard InChI is InChI=1S/C10H12BrN3O3S2/c1-14(4-9-2-8(11)6-18-9)19(16,17)10-7(5-15)3-12-13-10/h2-3,6,15H,4-5H2,1H3,(H,12,13). The number of aliphatic hydroxyl groups is 1. The second-order valence-corrected chi connectivity index (χ2v) is 7.77. The Morgan fingerprint density at radius 1 is 1.58 bits per heavy atom. The van der Waals surface area contributed by atoms with Crippen LogP contribution < -0.4 is 0 Å². The number of nitrogens with zero attached hydrogens (tertiary/aromatic N) is 2. The molecule has 0 spiro atoms. The van der Waals surface area contributed by atoms with Crippen LogP contribution in [0.25, 0.3) is 0 Å². The van der Waals surface area contributed by atoms with Gasteiger partial charge >= 0.3 is 0 Å². The van der Waals surface area contributed by atoms with Gasteiger partial charge in [0.2, 0.25) is 0 Å². The van der Waals surface area contributed by atoms with Gasteiger partial charge in [0, 0.05) is 33.9 Å². The number of aliphatic hydroxyl groups excluding tert-OH is 1. The molecule has 0 radical (unpaired) electrons. The van der Waals surface area contributed by atoms with Gasteiger partial charge in [0.15, 0.2) is 5.03 Å². The van der Waals surface area contributed by atoms with Crippen LogP contribution in [0.4, 0.5) is 0 Å². The lowest BCUT2D eigenvalue weighted by atomic mass is 10.4. The fourth-order valence-electron chi connectivity index (χ4n) is 1.53. The monoisotopic (exact) mass is 365 g/mol. The number of aromatic nitrogens is 2. The molecule has 2 aromatic rings. The highest BCUT2D eigenvalue weighted by Crippen LogP contribution is 2.23. The minimum absolute atomic E-state index is 0.0619. The topological polar surface area (TPSA) is 86.3 Å². The number of aromatic amines is 1. The zero-order valence-corrected chi connectivity index (χ0v) is 13.2. The van der Waals surface area contributed by atoms with E-state index in [9.17, 15) is 8.42 Å². The van der Waals surface area contributed by atoms with Gasteiger partial charge < -0.3 is 5.11 Å². The van der Waals surface area contributed by atoms with Crippen LogP contribution in [0.2, 0.25) is 0 Å². The summed E-state index contributed by atoms with van der Waals surface area (Å²) in [4.78, 5) is 0.919. The summed E-state index contributed by atoms with van der Waals surface area (Å²) in [6.45, 7) is -0.105. The smallest absolute Gasteiger partial charge is 0.260 e. The first-order valence-electron chi connectivity index (χ1n) is 5.27. The maximum atomic E-state index is 12.3. The number of nitrogens with one attached hydrogen (secondary N) is 1. The molecule has 0 aliphatic rings. The van der Waals surface area contributed by atoms with Gasteiger partial charge in [0.05, 0.1) is 12.8 Å². The van der Waals surface area contributed by atoms with Crippen molar-refractivity contribution in [2.24, 2.45) is 0 Å². The number of rotatable bonds is 5. The average molecular weight is 366 g/mol. The van der Waals surface area contributed by atoms with Crippen molar-refractivity contribution < 1.29 is 13.5 Å². The summed E-state index contributed by atoms with van der Waals surface area (Å²) in [5.74, 6) is 0. The molecule has 9 heteroatoms. The van der Waals surface area contributed by atoms with E-state index in [1.165, 1.54) is 28.9 Å². The molecule has 0 atom stereocenters. The molecule has 2 rings (SSSR count). The SMILES string of the molecule is CN(Cc1cc(Br)cs1)S(=O)(=O)c1[nH]ncc1CO. The van der Waals surface area contributed by atoms with E-state index in [0.29, 0.717) is 0 Å². The Morgan fingerprint density at radius 2 is 2.32 bits per heavy atom. The van der Waals surface area contributed by atoms with Crippen LogP contribution in [-0.2, 0) is 23.2 Å². The second kappa shape index (κ2) is 5.71. The molecule has 2 heterocycles. The van der Waals surface area contributed by atoms with Crippen molar-refractivity contribution in [1.82, 2.24) is 14.5 Å². The van der Waals surface area contributed by atoms with Gasteiger partial charge in [0.1, 0.15) is 0 Å². The van der Waals surface area contributed by atoms with Crippen LogP contribution in [-0.4, -0.2) is 35.1 Å². The lowest BCUT2D eigenvalue weighted by Crippen LogP contribution is -2.27. The summed E-state index contributed by atoms with van der Waals surface area (Å²) in [6, 6.07) is 1.87. The molecule has 0 aromatic carbocycles. The van der Waals surface area contributed by atoms with Crippen molar-refractivity contribution in [3.63, 3.8) is 0 Å². The summed E-state index contributed by atoms with van der Waals surface area (Å²) in [7, 11) is -2.19. The van der Waals surface area contributed by atoms with Gasteiger partial charge in [-0.1, -0.05) is 0 Å². The zero-order chi connectivity index (χ0) is 14.0. The van der Waals surface area contributed by atoms with E-state index in [4.69, 9.17) is 5.11 Å². The number of thiophene rings is 1. The Hall–Kier alpha value is -0.740. The number of sulfonamides is 1. The van der Waals surface area contributed by atoms with Crippen molar-refractivity contribution >= 4 is 37.3 Å². The average Bonchev–Trinajstić information content (AvgIpc) is 2.97. The highest BCUT2D eigenvalue weighted by molar-refractivity contribution is 9.10. The Morgan fingerprint density at radius 3 is 2.89 bits per heavy atom. The van der Waals surface area contributed by atoms with Gasteiger partial charge in [-0.3, -0.25) is 5.10 Å². The number of H-pyrrole nitrogens is 1. The first-order valence-corrected chi connectivity index (χ1v) is 8.38. The predicted octanol–water partition coefficient (Wildman–Crippen LogP) is 1.55. The Balaban J connectivity index is 2.24. The molecule has 0 fully saturated rings. The first kappa shape index (κ1) is 14.7. The van der Waals surface area contributed by atoms with E-state index in [-0.39, 0.29) is 23.7 Å². The van der Waals surface area contributed by atoms with E-state index in [1.54, 1.807) is 0 Å². The van der Waals surface area contributed by atoms with Crippen molar-refractivity contribution in [3.8, 4) is 0 Å². The van der Waals surface area contributed by atoms with E-state index >= 15 is 0 Å². The van der Waals surface area contributed by atoms with Gasteiger partial charge in [0.25, 0.3) is 10.0 Å². The minimum Gasteiger partial charge on any atom is -0.392 e. The van der Waals surface area contributed by atoms with Crippen molar-refractivity contribution in [2.45, 2.75) is 18.2 Å². The molecule has 2 aromatic heterocycles. The van der Waals surface area contributed by atoms with Gasteiger partial charge in [-0.15, -0.1) is 11.3 Å². The highest BCUT2D eigenvalue weighted by Gasteiger charge is 2.26. The maximum Gasteiger partial charge on any atom is 0.260 e. The normalized spacial score (nSPS) is 12.2. The van der Waals surface area contributed by atoms with Gasteiger partial charge in [-0.2, -0.15) is 9.40 Å². The van der Waals surface area contributed by atoms with E-state index in [0.717, 1.165) is 9.35 Å². The summed E-state index contributed by atoms with van der Waals surface area (Å²) in [5.41, 5.74) is 0.263. The Kier molecular flexibility index (Phi) is 4.41. The van der Waals surface area contributed by atoms with Gasteiger partial charge in [-0.05, 0) is 22.0 Å². The third-order valence-corrected chi connectivity index (χ3v) is 6.02. The number of halogens is 1. The molecule has 0 aliphatic carbocycles. The molecule has 0 amide bonds. The molecular formula is C10H12BrN3O3S2. The first-order chi connectivity index (χ1) is 8.95. The van der Waals surface area contributed by atoms with Crippen LogP contribution in [0.15, 0.2) is 27.1 Å². The lowest BCUT2D eigenvalue weighted by Gasteiger charge is -2.15. The third-order valence-electron chi connectivity index (χ3n) is 2.52. The highest BCUT2D eigenvalue weighted by atomic mass is 79.9. The molecule has 0 saturated carbocycles. The summed E-state index contributed by atoms with van der Waals surface area (Å²) in [5, 5.41) is 17.0. The third kappa shape index (κ3) is 3.06. The van der Waals surface area contributed by atoms with E-state index in [1.807, 2.05) is 11.4 Å². The molecule has 6 nitrogen and oxygen atoms in total. The summed E-state index contributed by atoms with van der Waals surface area (Å²) < 4.78 is 26.8. The largest absolute Gasteiger partial charge is 0.392 e. The number of hydrogen-bond acceptors (Lipinski definition) is 5. The fourth-order valence-corrected chi connectivity index (χ4v) is 4.35. The molecule has 0 aliphatic heterocycles. The molecule has 19 heavy (non-hydrogen) atoms. The summed E-state index contributed by atoms with van der Waals surface area (Å²) >= 11 is 4.80. The van der Waals surface area contributed by atoms with Crippen LogP contribution in [0.5, 0.6) is 0 Å². The quantitative estimate of drug-likeness (QED) is 0.841. The fraction of sp³-hybridized carbons (Fsp3) is 0.300. The van der Waals surface area contributed by atoms with Crippen molar-refractivity contribution in [2.75, 3.05) is 7.05 Å². The molecule has 0 saturated heterocycles. The predicted molar refractivity (Wildman–Crippen MR) is 75.2 cm³/mol. The zero-order valence-electron chi connectivity index (χ0n) is 10.00. The Bertz CT molecular complexity index is 665. The molecule has 104 valence electrons. The molecule has 0 bridgehead atoms. The van der Waals surface area contributed by atoms with Crippen molar-refractivity contribution in [1.29, 1.82) is 0 Å². The van der Waals surface area contributed by atoms with E-state index < -0.39 is 10.0 Å². The Labute approximate surface area is 123 Å². The van der Waals surface area contributed by atoms with Gasteiger partial charge in [-0.25, -0.2) is 8.42 Å². The molecular weight excluding hydrogens is 354 g/mol. The maximum absolute atomic E-state index is 12.3. The molecule has 2 N–H and O–H groups in total. The van der Waals surface area contributed by atoms with Crippen LogP contribution in [0.3, 0.4) is 0 Å². The number of hydrogen-bond donors (Lipinski definition) is 2. The van der Waals surface area contributed by atoms with Crippen LogP contribution in [0, 0.1) is 0 Å².